The molecule has 0 aliphatic carbocycles. The van der Waals surface area contributed by atoms with Crippen LogP contribution in [0.5, 0.6) is 0 Å². The van der Waals surface area contributed by atoms with Crippen molar-refractivity contribution in [2.75, 3.05) is 6.54 Å². The van der Waals surface area contributed by atoms with E-state index in [2.05, 4.69) is 4.72 Å². The third-order valence-corrected chi connectivity index (χ3v) is 3.58. The van der Waals surface area contributed by atoms with Crippen LogP contribution in [0.15, 0.2) is 29.2 Å². The molecule has 0 radical (unpaired) electrons. The lowest BCUT2D eigenvalue weighted by Crippen LogP contribution is -2.28. The van der Waals surface area contributed by atoms with Crippen molar-refractivity contribution in [3.05, 3.63) is 29.8 Å². The van der Waals surface area contributed by atoms with Crippen molar-refractivity contribution in [2.24, 2.45) is 5.92 Å². The van der Waals surface area contributed by atoms with E-state index in [1.54, 1.807) is 19.1 Å². The maximum atomic E-state index is 11.9. The quantitative estimate of drug-likeness (QED) is 0.861. The fraction of sp³-hybridized carbons (Fsp3) is 0.273. The van der Waals surface area contributed by atoms with Crippen molar-refractivity contribution in [3.63, 3.8) is 0 Å². The zero-order chi connectivity index (χ0) is 12.9. The lowest BCUT2D eigenvalue weighted by atomic mass is 10.2. The SMILES string of the molecule is CC(C#N)CNS(=O)(=O)c1ccccc1C#N. The number of nitrogens with zero attached hydrogens (tertiary/aromatic N) is 2. The van der Waals surface area contributed by atoms with Gasteiger partial charge in [-0.05, 0) is 19.1 Å². The van der Waals surface area contributed by atoms with Gasteiger partial charge in [0.25, 0.3) is 0 Å². The molecule has 1 unspecified atom stereocenters. The third kappa shape index (κ3) is 3.28. The zero-order valence-electron chi connectivity index (χ0n) is 9.21. The molecular weight excluding hydrogens is 238 g/mol. The minimum Gasteiger partial charge on any atom is -0.210 e. The molecule has 0 spiro atoms. The number of nitrogens with one attached hydrogen (secondary N) is 1. The molecule has 0 aliphatic heterocycles. The predicted octanol–water partition coefficient (Wildman–Crippen LogP) is 0.996. The maximum absolute atomic E-state index is 11.9. The fourth-order valence-electron chi connectivity index (χ4n) is 1.15. The number of benzene rings is 1. The summed E-state index contributed by atoms with van der Waals surface area (Å²) in [6.07, 6.45) is 0. The van der Waals surface area contributed by atoms with Crippen LogP contribution < -0.4 is 4.72 Å². The van der Waals surface area contributed by atoms with Crippen LogP contribution in [0.4, 0.5) is 0 Å². The Morgan fingerprint density at radius 1 is 1.35 bits per heavy atom. The molecule has 0 saturated heterocycles. The maximum Gasteiger partial charge on any atom is 0.241 e. The number of nitriles is 2. The van der Waals surface area contributed by atoms with Crippen LogP contribution in [0.3, 0.4) is 0 Å². The second-order valence-corrected chi connectivity index (χ2v) is 5.23. The molecular formula is C11H11N3O2S. The van der Waals surface area contributed by atoms with Crippen molar-refractivity contribution >= 4 is 10.0 Å². The first kappa shape index (κ1) is 13.2. The zero-order valence-corrected chi connectivity index (χ0v) is 10.0. The van der Waals surface area contributed by atoms with Gasteiger partial charge >= 0.3 is 0 Å². The van der Waals surface area contributed by atoms with E-state index >= 15 is 0 Å². The molecule has 0 saturated carbocycles. The summed E-state index contributed by atoms with van der Waals surface area (Å²) in [5.41, 5.74) is 0.0876. The lowest BCUT2D eigenvalue weighted by molar-refractivity contribution is 0.572. The molecule has 0 aromatic heterocycles. The Morgan fingerprint density at radius 2 is 2.00 bits per heavy atom. The first-order valence-electron chi connectivity index (χ1n) is 4.89. The summed E-state index contributed by atoms with van der Waals surface area (Å²) < 4.78 is 26.0. The summed E-state index contributed by atoms with van der Waals surface area (Å²) in [7, 11) is -3.73. The van der Waals surface area contributed by atoms with E-state index in [-0.39, 0.29) is 17.0 Å². The highest BCUT2D eigenvalue weighted by Gasteiger charge is 2.18. The average molecular weight is 249 g/mol. The standard InChI is InChI=1S/C11H11N3O2S/c1-9(6-12)8-14-17(15,16)11-5-3-2-4-10(11)7-13/h2-5,9,14H,8H2,1H3. The van der Waals surface area contributed by atoms with Crippen LogP contribution in [-0.4, -0.2) is 15.0 Å². The van der Waals surface area contributed by atoms with Gasteiger partial charge in [-0.1, -0.05) is 12.1 Å². The van der Waals surface area contributed by atoms with E-state index in [1.807, 2.05) is 12.1 Å². The largest absolute Gasteiger partial charge is 0.241 e. The minimum absolute atomic E-state index is 0.0264. The summed E-state index contributed by atoms with van der Waals surface area (Å²) >= 11 is 0. The van der Waals surface area contributed by atoms with Gasteiger partial charge in [0.05, 0.1) is 22.4 Å². The summed E-state index contributed by atoms with van der Waals surface area (Å²) in [5, 5.41) is 17.4. The van der Waals surface area contributed by atoms with E-state index in [9.17, 15) is 8.42 Å². The fourth-order valence-corrected chi connectivity index (χ4v) is 2.44. The van der Waals surface area contributed by atoms with Crippen LogP contribution in [0, 0.1) is 28.6 Å². The number of rotatable bonds is 4. The van der Waals surface area contributed by atoms with E-state index in [0.717, 1.165) is 0 Å². The van der Waals surface area contributed by atoms with Gasteiger partial charge in [0.1, 0.15) is 6.07 Å². The second-order valence-electron chi connectivity index (χ2n) is 3.49. The molecule has 0 bridgehead atoms. The summed E-state index contributed by atoms with van der Waals surface area (Å²) in [6, 6.07) is 9.67. The van der Waals surface area contributed by atoms with Crippen LogP contribution in [0.2, 0.25) is 0 Å². The molecule has 1 aromatic carbocycles. The Morgan fingerprint density at radius 3 is 2.59 bits per heavy atom. The van der Waals surface area contributed by atoms with E-state index in [0.29, 0.717) is 0 Å². The Balaban J connectivity index is 2.99. The van der Waals surface area contributed by atoms with Gasteiger partial charge in [0.15, 0.2) is 0 Å². The van der Waals surface area contributed by atoms with Gasteiger partial charge in [-0.2, -0.15) is 10.5 Å². The van der Waals surface area contributed by atoms with E-state index in [1.165, 1.54) is 12.1 Å². The molecule has 5 nitrogen and oxygen atoms in total. The smallest absolute Gasteiger partial charge is 0.210 e. The van der Waals surface area contributed by atoms with Crippen LogP contribution in [-0.2, 0) is 10.0 Å². The monoisotopic (exact) mass is 249 g/mol. The van der Waals surface area contributed by atoms with Crippen molar-refractivity contribution in [2.45, 2.75) is 11.8 Å². The highest BCUT2D eigenvalue weighted by atomic mass is 32.2. The Labute approximate surface area is 100 Å². The molecule has 1 atom stereocenters. The molecule has 17 heavy (non-hydrogen) atoms. The van der Waals surface area contributed by atoms with Crippen molar-refractivity contribution < 1.29 is 8.42 Å². The van der Waals surface area contributed by atoms with Gasteiger partial charge in [0, 0.05) is 6.54 Å². The topological polar surface area (TPSA) is 93.8 Å². The van der Waals surface area contributed by atoms with Gasteiger partial charge in [-0.15, -0.1) is 0 Å². The molecule has 1 rings (SSSR count). The van der Waals surface area contributed by atoms with Crippen molar-refractivity contribution in [1.82, 2.24) is 4.72 Å². The summed E-state index contributed by atoms with van der Waals surface area (Å²) in [6.45, 7) is 1.64. The predicted molar refractivity (Wildman–Crippen MR) is 61.1 cm³/mol. The highest BCUT2D eigenvalue weighted by molar-refractivity contribution is 7.89. The summed E-state index contributed by atoms with van der Waals surface area (Å²) in [4.78, 5) is -0.0624. The van der Waals surface area contributed by atoms with E-state index in [4.69, 9.17) is 10.5 Å². The number of hydrogen-bond donors (Lipinski definition) is 1. The van der Waals surface area contributed by atoms with Crippen LogP contribution >= 0.6 is 0 Å². The van der Waals surface area contributed by atoms with Crippen molar-refractivity contribution in [1.29, 1.82) is 10.5 Å². The number of sulfonamides is 1. The molecule has 0 amide bonds. The van der Waals surface area contributed by atoms with Gasteiger partial charge in [0.2, 0.25) is 10.0 Å². The third-order valence-electron chi connectivity index (χ3n) is 2.10. The highest BCUT2D eigenvalue weighted by Crippen LogP contribution is 2.14. The van der Waals surface area contributed by atoms with E-state index < -0.39 is 15.9 Å². The van der Waals surface area contributed by atoms with Gasteiger partial charge in [-0.25, -0.2) is 13.1 Å². The molecule has 0 fully saturated rings. The normalized spacial score (nSPS) is 12.4. The van der Waals surface area contributed by atoms with Gasteiger partial charge in [-0.3, -0.25) is 0 Å². The van der Waals surface area contributed by atoms with Crippen LogP contribution in [0.1, 0.15) is 12.5 Å². The lowest BCUT2D eigenvalue weighted by Gasteiger charge is -2.08. The average Bonchev–Trinajstić information content (AvgIpc) is 2.35. The van der Waals surface area contributed by atoms with Crippen molar-refractivity contribution in [3.8, 4) is 12.1 Å². The molecule has 0 aliphatic rings. The second kappa shape index (κ2) is 5.44. The molecule has 6 heteroatoms. The molecule has 1 aromatic rings. The first-order valence-corrected chi connectivity index (χ1v) is 6.38. The number of hydrogen-bond acceptors (Lipinski definition) is 4. The Hall–Kier alpha value is -1.89. The Bertz CT molecular complexity index is 581. The van der Waals surface area contributed by atoms with Crippen LogP contribution in [0.25, 0.3) is 0 Å². The Kier molecular flexibility index (Phi) is 4.22. The minimum atomic E-state index is -3.73. The molecule has 1 N–H and O–H groups in total. The first-order chi connectivity index (χ1) is 8.01. The summed E-state index contributed by atoms with van der Waals surface area (Å²) in [5.74, 6) is -0.418. The molecule has 0 heterocycles. The molecule has 88 valence electrons. The van der Waals surface area contributed by atoms with Gasteiger partial charge < -0.3 is 0 Å².